The van der Waals surface area contributed by atoms with Gasteiger partial charge in [-0.05, 0) is 37.7 Å². The summed E-state index contributed by atoms with van der Waals surface area (Å²) in [5.41, 5.74) is 1.99. The fraction of sp³-hybridized carbons (Fsp3) is 0.333. The molecule has 1 aliphatic heterocycles. The first-order valence-electron chi connectivity index (χ1n) is 6.78. The van der Waals surface area contributed by atoms with Crippen LogP contribution in [0.3, 0.4) is 0 Å². The molecule has 3 rings (SSSR count). The van der Waals surface area contributed by atoms with Gasteiger partial charge in [-0.3, -0.25) is 0 Å². The van der Waals surface area contributed by atoms with Gasteiger partial charge in [-0.15, -0.1) is 10.2 Å². The van der Waals surface area contributed by atoms with Crippen molar-refractivity contribution in [3.63, 3.8) is 0 Å². The van der Waals surface area contributed by atoms with Crippen molar-refractivity contribution in [2.75, 3.05) is 25.0 Å². The normalized spacial score (nSPS) is 18.5. The van der Waals surface area contributed by atoms with Crippen LogP contribution in [0.15, 0.2) is 40.9 Å². The Morgan fingerprint density at radius 2 is 1.95 bits per heavy atom. The third-order valence-electron chi connectivity index (χ3n) is 3.71. The molecule has 1 fully saturated rings. The van der Waals surface area contributed by atoms with Crippen molar-refractivity contribution in [1.82, 2.24) is 15.5 Å². The smallest absolute Gasteiger partial charge is 0.151 e. The highest BCUT2D eigenvalue weighted by Crippen LogP contribution is 2.22. The minimum Gasteiger partial charge on any atom is -0.354 e. The summed E-state index contributed by atoms with van der Waals surface area (Å²) >= 11 is 3.44. The van der Waals surface area contributed by atoms with Gasteiger partial charge in [0.25, 0.3) is 0 Å². The van der Waals surface area contributed by atoms with Crippen molar-refractivity contribution in [3.05, 3.63) is 40.9 Å². The van der Waals surface area contributed by atoms with Crippen molar-refractivity contribution in [2.45, 2.75) is 12.5 Å². The van der Waals surface area contributed by atoms with E-state index in [1.54, 1.807) is 0 Å². The SMILES string of the molecule is CNC1CCN(c2ccc(-c3ccc(Br)cc3)nn2)C1. The molecule has 4 nitrogen and oxygen atoms in total. The summed E-state index contributed by atoms with van der Waals surface area (Å²) in [7, 11) is 2.01. The summed E-state index contributed by atoms with van der Waals surface area (Å²) in [5, 5.41) is 12.0. The molecule has 104 valence electrons. The number of halogens is 1. The first kappa shape index (κ1) is 13.5. The van der Waals surface area contributed by atoms with Gasteiger partial charge in [0.05, 0.1) is 5.69 Å². The average Bonchev–Trinajstić information content (AvgIpc) is 2.97. The van der Waals surface area contributed by atoms with Crippen LogP contribution >= 0.6 is 15.9 Å². The highest BCUT2D eigenvalue weighted by Gasteiger charge is 2.22. The van der Waals surface area contributed by atoms with Crippen LogP contribution in [0.5, 0.6) is 0 Å². The molecule has 1 N–H and O–H groups in total. The second kappa shape index (κ2) is 5.89. The molecule has 0 spiro atoms. The van der Waals surface area contributed by atoms with Crippen LogP contribution in [-0.4, -0.2) is 36.4 Å². The molecule has 2 aromatic rings. The maximum Gasteiger partial charge on any atom is 0.151 e. The lowest BCUT2D eigenvalue weighted by molar-refractivity contribution is 0.616. The van der Waals surface area contributed by atoms with Crippen LogP contribution in [0, 0.1) is 0 Å². The van der Waals surface area contributed by atoms with Crippen LogP contribution < -0.4 is 10.2 Å². The zero-order valence-electron chi connectivity index (χ0n) is 11.4. The van der Waals surface area contributed by atoms with Crippen LogP contribution in [0.25, 0.3) is 11.3 Å². The van der Waals surface area contributed by atoms with Gasteiger partial charge in [-0.25, -0.2) is 0 Å². The minimum atomic E-state index is 0.558. The Morgan fingerprint density at radius 1 is 1.15 bits per heavy atom. The topological polar surface area (TPSA) is 41.0 Å². The maximum absolute atomic E-state index is 4.36. The molecule has 2 heterocycles. The molecule has 5 heteroatoms. The summed E-state index contributed by atoms with van der Waals surface area (Å²) in [4.78, 5) is 2.28. The Balaban J connectivity index is 1.76. The molecule has 20 heavy (non-hydrogen) atoms. The highest BCUT2D eigenvalue weighted by molar-refractivity contribution is 9.10. The van der Waals surface area contributed by atoms with Crippen molar-refractivity contribution >= 4 is 21.7 Å². The molecule has 1 atom stereocenters. The number of aromatic nitrogens is 2. The number of hydrogen-bond acceptors (Lipinski definition) is 4. The third-order valence-corrected chi connectivity index (χ3v) is 4.24. The Labute approximate surface area is 127 Å². The van der Waals surface area contributed by atoms with Crippen LogP contribution in [0.4, 0.5) is 5.82 Å². The summed E-state index contributed by atoms with van der Waals surface area (Å²) in [6.07, 6.45) is 1.16. The highest BCUT2D eigenvalue weighted by atomic mass is 79.9. The van der Waals surface area contributed by atoms with Gasteiger partial charge in [0.1, 0.15) is 0 Å². The van der Waals surface area contributed by atoms with E-state index in [0.717, 1.165) is 41.1 Å². The molecular formula is C15H17BrN4. The van der Waals surface area contributed by atoms with E-state index < -0.39 is 0 Å². The third kappa shape index (κ3) is 2.83. The Hall–Kier alpha value is -1.46. The molecular weight excluding hydrogens is 316 g/mol. The van der Waals surface area contributed by atoms with E-state index >= 15 is 0 Å². The maximum atomic E-state index is 4.36. The van der Waals surface area contributed by atoms with Gasteiger partial charge in [0.2, 0.25) is 0 Å². The summed E-state index contributed by atoms with van der Waals surface area (Å²) in [6, 6.07) is 12.8. The molecule has 1 aromatic carbocycles. The number of hydrogen-bond donors (Lipinski definition) is 1. The van der Waals surface area contributed by atoms with Gasteiger partial charge in [0.15, 0.2) is 5.82 Å². The van der Waals surface area contributed by atoms with Crippen molar-refractivity contribution < 1.29 is 0 Å². The number of benzene rings is 1. The molecule has 0 aliphatic carbocycles. The van der Waals surface area contributed by atoms with Crippen LogP contribution in [0.1, 0.15) is 6.42 Å². The fourth-order valence-electron chi connectivity index (χ4n) is 2.47. The largest absolute Gasteiger partial charge is 0.354 e. The van der Waals surface area contributed by atoms with Crippen LogP contribution in [-0.2, 0) is 0 Å². The molecule has 1 aromatic heterocycles. The van der Waals surface area contributed by atoms with Gasteiger partial charge in [0, 0.05) is 29.2 Å². The Morgan fingerprint density at radius 3 is 2.55 bits per heavy atom. The lowest BCUT2D eigenvalue weighted by Gasteiger charge is -2.16. The van der Waals surface area contributed by atoms with E-state index in [4.69, 9.17) is 0 Å². The lowest BCUT2D eigenvalue weighted by atomic mass is 10.1. The minimum absolute atomic E-state index is 0.558. The molecule has 1 aliphatic rings. The van der Waals surface area contributed by atoms with E-state index in [2.05, 4.69) is 42.4 Å². The quantitative estimate of drug-likeness (QED) is 0.938. The average molecular weight is 333 g/mol. The molecule has 0 saturated carbocycles. The van der Waals surface area contributed by atoms with Gasteiger partial charge in [-0.2, -0.15) is 0 Å². The molecule has 0 bridgehead atoms. The number of anilines is 1. The summed E-state index contributed by atoms with van der Waals surface area (Å²) in [6.45, 7) is 2.04. The second-order valence-electron chi connectivity index (χ2n) is 5.00. The molecule has 1 unspecified atom stereocenters. The zero-order chi connectivity index (χ0) is 13.9. The van der Waals surface area contributed by atoms with E-state index in [1.807, 2.05) is 37.4 Å². The first-order chi connectivity index (χ1) is 9.76. The molecule has 1 saturated heterocycles. The summed E-state index contributed by atoms with van der Waals surface area (Å²) < 4.78 is 1.07. The van der Waals surface area contributed by atoms with Crippen LogP contribution in [0.2, 0.25) is 0 Å². The first-order valence-corrected chi connectivity index (χ1v) is 7.57. The van der Waals surface area contributed by atoms with Crippen molar-refractivity contribution in [2.24, 2.45) is 0 Å². The van der Waals surface area contributed by atoms with Gasteiger partial charge >= 0.3 is 0 Å². The summed E-state index contributed by atoms with van der Waals surface area (Å²) in [5.74, 6) is 0.962. The number of nitrogens with one attached hydrogen (secondary N) is 1. The fourth-order valence-corrected chi connectivity index (χ4v) is 2.74. The van der Waals surface area contributed by atoms with E-state index in [-0.39, 0.29) is 0 Å². The lowest BCUT2D eigenvalue weighted by Crippen LogP contribution is -2.29. The zero-order valence-corrected chi connectivity index (χ0v) is 13.0. The van der Waals surface area contributed by atoms with E-state index in [1.165, 1.54) is 0 Å². The second-order valence-corrected chi connectivity index (χ2v) is 5.92. The molecule has 0 amide bonds. The number of nitrogens with zero attached hydrogens (tertiary/aromatic N) is 3. The van der Waals surface area contributed by atoms with Crippen molar-refractivity contribution in [1.29, 1.82) is 0 Å². The van der Waals surface area contributed by atoms with Crippen molar-refractivity contribution in [3.8, 4) is 11.3 Å². The van der Waals surface area contributed by atoms with E-state index in [0.29, 0.717) is 6.04 Å². The Kier molecular flexibility index (Phi) is 3.98. The number of likely N-dealkylation sites (N-methyl/N-ethyl adjacent to an activating group) is 1. The predicted molar refractivity (Wildman–Crippen MR) is 84.8 cm³/mol. The molecule has 0 radical (unpaired) electrons. The monoisotopic (exact) mass is 332 g/mol. The van der Waals surface area contributed by atoms with E-state index in [9.17, 15) is 0 Å². The van der Waals surface area contributed by atoms with Gasteiger partial charge in [-0.1, -0.05) is 28.1 Å². The standard InChI is InChI=1S/C15H17BrN4/c1-17-13-8-9-20(10-13)15-7-6-14(18-19-15)11-2-4-12(16)5-3-11/h2-7,13,17H,8-10H2,1H3. The Bertz CT molecular complexity index is 567. The predicted octanol–water partition coefficient (Wildman–Crippen LogP) is 2.70. The van der Waals surface area contributed by atoms with Gasteiger partial charge < -0.3 is 10.2 Å². The number of rotatable bonds is 3.